The van der Waals surface area contributed by atoms with Crippen LogP contribution in [0.4, 0.5) is 0 Å². The average molecular weight is 261 g/mol. The molecule has 3 nitrogen and oxygen atoms in total. The molecule has 1 atom stereocenters. The van der Waals surface area contributed by atoms with E-state index in [1.807, 2.05) is 23.1 Å². The van der Waals surface area contributed by atoms with Crippen LogP contribution >= 0.6 is 0 Å². The molecule has 1 aromatic carbocycles. The second kappa shape index (κ2) is 6.71. The molecule has 1 amide bonds. The topological polar surface area (TPSA) is 29.5 Å². The Morgan fingerprint density at radius 2 is 2.11 bits per heavy atom. The number of hydrogen-bond donors (Lipinski definition) is 0. The summed E-state index contributed by atoms with van der Waals surface area (Å²) in [6.45, 7) is 6.34. The SMILES string of the molecule is CC(C)CCC(=O)N1CCOC(c2ccccc2)C1. The van der Waals surface area contributed by atoms with Gasteiger partial charge in [-0.2, -0.15) is 0 Å². The summed E-state index contributed by atoms with van der Waals surface area (Å²) < 4.78 is 5.78. The van der Waals surface area contributed by atoms with Gasteiger partial charge in [0.25, 0.3) is 0 Å². The lowest BCUT2D eigenvalue weighted by molar-refractivity contribution is -0.139. The Labute approximate surface area is 115 Å². The van der Waals surface area contributed by atoms with Gasteiger partial charge >= 0.3 is 0 Å². The van der Waals surface area contributed by atoms with E-state index in [9.17, 15) is 4.79 Å². The lowest BCUT2D eigenvalue weighted by atomic mass is 10.1. The van der Waals surface area contributed by atoms with E-state index >= 15 is 0 Å². The quantitative estimate of drug-likeness (QED) is 0.833. The summed E-state index contributed by atoms with van der Waals surface area (Å²) in [5.74, 6) is 0.841. The number of ether oxygens (including phenoxy) is 1. The number of rotatable bonds is 4. The zero-order chi connectivity index (χ0) is 13.7. The third-order valence-corrected chi connectivity index (χ3v) is 3.53. The molecule has 1 aromatic rings. The van der Waals surface area contributed by atoms with E-state index in [0.29, 0.717) is 25.5 Å². The molecule has 1 fully saturated rings. The monoisotopic (exact) mass is 261 g/mol. The van der Waals surface area contributed by atoms with Crippen molar-refractivity contribution in [2.24, 2.45) is 5.92 Å². The number of morpholine rings is 1. The zero-order valence-electron chi connectivity index (χ0n) is 11.8. The molecule has 1 saturated heterocycles. The third kappa shape index (κ3) is 4.06. The smallest absolute Gasteiger partial charge is 0.222 e. The third-order valence-electron chi connectivity index (χ3n) is 3.53. The minimum absolute atomic E-state index is 0.0259. The second-order valence-corrected chi connectivity index (χ2v) is 5.54. The molecule has 0 aromatic heterocycles. The summed E-state index contributed by atoms with van der Waals surface area (Å²) in [6.07, 6.45) is 1.64. The molecule has 1 aliphatic rings. The molecule has 1 aliphatic heterocycles. The highest BCUT2D eigenvalue weighted by Gasteiger charge is 2.24. The van der Waals surface area contributed by atoms with Gasteiger partial charge in [-0.1, -0.05) is 44.2 Å². The molecule has 0 saturated carbocycles. The molecule has 2 rings (SSSR count). The van der Waals surface area contributed by atoms with Crippen molar-refractivity contribution in [1.29, 1.82) is 0 Å². The Kier molecular flexibility index (Phi) is 4.97. The standard InChI is InChI=1S/C16H23NO2/c1-13(2)8-9-16(18)17-10-11-19-15(12-17)14-6-4-3-5-7-14/h3-7,13,15H,8-12H2,1-2H3. The van der Waals surface area contributed by atoms with Crippen LogP contribution in [-0.4, -0.2) is 30.5 Å². The van der Waals surface area contributed by atoms with Crippen LogP contribution < -0.4 is 0 Å². The van der Waals surface area contributed by atoms with Crippen LogP contribution in [0.25, 0.3) is 0 Å². The first kappa shape index (κ1) is 14.1. The van der Waals surface area contributed by atoms with Gasteiger partial charge in [-0.05, 0) is 17.9 Å². The van der Waals surface area contributed by atoms with Crippen molar-refractivity contribution in [1.82, 2.24) is 4.90 Å². The molecule has 0 bridgehead atoms. The number of amides is 1. The molecule has 0 aliphatic carbocycles. The van der Waals surface area contributed by atoms with Crippen molar-refractivity contribution in [3.8, 4) is 0 Å². The predicted octanol–water partition coefficient (Wildman–Crippen LogP) is 3.02. The Bertz CT molecular complexity index is 402. The number of hydrogen-bond acceptors (Lipinski definition) is 2. The number of carbonyl (C=O) groups excluding carboxylic acids is 1. The van der Waals surface area contributed by atoms with E-state index in [2.05, 4.69) is 26.0 Å². The molecule has 0 radical (unpaired) electrons. The van der Waals surface area contributed by atoms with Crippen molar-refractivity contribution >= 4 is 5.91 Å². The zero-order valence-corrected chi connectivity index (χ0v) is 11.8. The molecule has 0 spiro atoms. The maximum Gasteiger partial charge on any atom is 0.222 e. The van der Waals surface area contributed by atoms with E-state index in [4.69, 9.17) is 4.74 Å². The predicted molar refractivity (Wildman–Crippen MR) is 75.8 cm³/mol. The van der Waals surface area contributed by atoms with Gasteiger partial charge in [0.2, 0.25) is 5.91 Å². The molecule has 1 unspecified atom stereocenters. The minimum Gasteiger partial charge on any atom is -0.370 e. The van der Waals surface area contributed by atoms with E-state index in [1.165, 1.54) is 0 Å². The first-order chi connectivity index (χ1) is 9.16. The molecular formula is C16H23NO2. The molecular weight excluding hydrogens is 238 g/mol. The summed E-state index contributed by atoms with van der Waals surface area (Å²) in [5.41, 5.74) is 1.16. The number of benzene rings is 1. The van der Waals surface area contributed by atoms with E-state index in [1.54, 1.807) is 0 Å². The Morgan fingerprint density at radius 3 is 2.79 bits per heavy atom. The van der Waals surface area contributed by atoms with E-state index < -0.39 is 0 Å². The summed E-state index contributed by atoms with van der Waals surface area (Å²) in [5, 5.41) is 0. The molecule has 0 N–H and O–H groups in total. The number of nitrogens with zero attached hydrogens (tertiary/aromatic N) is 1. The van der Waals surface area contributed by atoms with Crippen LogP contribution in [0.5, 0.6) is 0 Å². The van der Waals surface area contributed by atoms with Gasteiger partial charge in [0.05, 0.1) is 13.2 Å². The lowest BCUT2D eigenvalue weighted by Crippen LogP contribution is -2.42. The van der Waals surface area contributed by atoms with Gasteiger partial charge < -0.3 is 9.64 Å². The van der Waals surface area contributed by atoms with Crippen LogP contribution in [0.2, 0.25) is 0 Å². The molecule has 1 heterocycles. The molecule has 3 heteroatoms. The van der Waals surface area contributed by atoms with Gasteiger partial charge in [0, 0.05) is 13.0 Å². The fourth-order valence-corrected chi connectivity index (χ4v) is 2.32. The minimum atomic E-state index is 0.0259. The Morgan fingerprint density at radius 1 is 1.37 bits per heavy atom. The van der Waals surface area contributed by atoms with Crippen LogP contribution in [0.15, 0.2) is 30.3 Å². The van der Waals surface area contributed by atoms with Crippen molar-refractivity contribution in [2.75, 3.05) is 19.7 Å². The summed E-state index contributed by atoms with van der Waals surface area (Å²) >= 11 is 0. The highest BCUT2D eigenvalue weighted by Crippen LogP contribution is 2.22. The number of carbonyl (C=O) groups is 1. The van der Waals surface area contributed by atoms with E-state index in [0.717, 1.165) is 18.5 Å². The van der Waals surface area contributed by atoms with Gasteiger partial charge in [0.15, 0.2) is 0 Å². The van der Waals surface area contributed by atoms with Gasteiger partial charge in [-0.3, -0.25) is 4.79 Å². The van der Waals surface area contributed by atoms with Gasteiger partial charge in [0.1, 0.15) is 6.10 Å². The second-order valence-electron chi connectivity index (χ2n) is 5.54. The average Bonchev–Trinajstić information content (AvgIpc) is 2.46. The Balaban J connectivity index is 1.92. The largest absolute Gasteiger partial charge is 0.370 e. The fourth-order valence-electron chi connectivity index (χ4n) is 2.32. The van der Waals surface area contributed by atoms with Crippen molar-refractivity contribution < 1.29 is 9.53 Å². The van der Waals surface area contributed by atoms with Crippen molar-refractivity contribution in [3.63, 3.8) is 0 Å². The van der Waals surface area contributed by atoms with Crippen LogP contribution in [0.1, 0.15) is 38.4 Å². The first-order valence-corrected chi connectivity index (χ1v) is 7.11. The van der Waals surface area contributed by atoms with Crippen molar-refractivity contribution in [2.45, 2.75) is 32.8 Å². The van der Waals surface area contributed by atoms with Crippen molar-refractivity contribution in [3.05, 3.63) is 35.9 Å². The van der Waals surface area contributed by atoms with Crippen LogP contribution in [0.3, 0.4) is 0 Å². The maximum absolute atomic E-state index is 12.1. The van der Waals surface area contributed by atoms with E-state index in [-0.39, 0.29) is 12.0 Å². The molecule has 19 heavy (non-hydrogen) atoms. The lowest BCUT2D eigenvalue weighted by Gasteiger charge is -2.33. The van der Waals surface area contributed by atoms with Gasteiger partial charge in [-0.25, -0.2) is 0 Å². The van der Waals surface area contributed by atoms with Crippen LogP contribution in [0, 0.1) is 5.92 Å². The van der Waals surface area contributed by atoms with Gasteiger partial charge in [-0.15, -0.1) is 0 Å². The fraction of sp³-hybridized carbons (Fsp3) is 0.562. The summed E-state index contributed by atoms with van der Waals surface area (Å²) in [4.78, 5) is 14.1. The normalized spacial score (nSPS) is 19.7. The summed E-state index contributed by atoms with van der Waals surface area (Å²) in [7, 11) is 0. The first-order valence-electron chi connectivity index (χ1n) is 7.11. The maximum atomic E-state index is 12.1. The highest BCUT2D eigenvalue weighted by molar-refractivity contribution is 5.76. The Hall–Kier alpha value is -1.35. The van der Waals surface area contributed by atoms with Crippen LogP contribution in [-0.2, 0) is 9.53 Å². The summed E-state index contributed by atoms with van der Waals surface area (Å²) in [6, 6.07) is 10.1. The molecule has 104 valence electrons. The highest BCUT2D eigenvalue weighted by atomic mass is 16.5.